The molecule has 3 fully saturated rings. The minimum atomic E-state index is -0.0833. The molecule has 3 rings (SSSR count). The maximum atomic E-state index is 11.5. The van der Waals surface area contributed by atoms with Crippen LogP contribution in [0.5, 0.6) is 0 Å². The highest BCUT2D eigenvalue weighted by Gasteiger charge is 2.78. The van der Waals surface area contributed by atoms with Crippen LogP contribution in [0, 0.1) is 17.3 Å². The van der Waals surface area contributed by atoms with Gasteiger partial charge in [-0.05, 0) is 37.0 Å². The maximum absolute atomic E-state index is 11.5. The smallest absolute Gasteiger partial charge is 0.220 e. The van der Waals surface area contributed by atoms with E-state index >= 15 is 0 Å². The van der Waals surface area contributed by atoms with Crippen molar-refractivity contribution in [3.63, 3.8) is 0 Å². The van der Waals surface area contributed by atoms with E-state index < -0.39 is 0 Å². The Balaban J connectivity index is 1.87. The zero-order chi connectivity index (χ0) is 10.1. The number of amides is 1. The molecular formula is C11H15NO2. The van der Waals surface area contributed by atoms with E-state index in [0.717, 1.165) is 6.54 Å². The van der Waals surface area contributed by atoms with Gasteiger partial charge in [-0.2, -0.15) is 0 Å². The van der Waals surface area contributed by atoms with Crippen molar-refractivity contribution in [2.75, 3.05) is 6.54 Å². The van der Waals surface area contributed by atoms with E-state index in [0.29, 0.717) is 17.3 Å². The van der Waals surface area contributed by atoms with Gasteiger partial charge >= 0.3 is 0 Å². The van der Waals surface area contributed by atoms with Crippen LogP contribution < -0.4 is 0 Å². The summed E-state index contributed by atoms with van der Waals surface area (Å²) in [6.45, 7) is 4.03. The van der Waals surface area contributed by atoms with Gasteiger partial charge in [-0.15, -0.1) is 0 Å². The summed E-state index contributed by atoms with van der Waals surface area (Å²) in [4.78, 5) is 24.6. The van der Waals surface area contributed by atoms with Crippen molar-refractivity contribution in [1.29, 1.82) is 0 Å². The largest absolute Gasteiger partial charge is 0.332 e. The van der Waals surface area contributed by atoms with Gasteiger partial charge in [0.15, 0.2) is 5.78 Å². The first kappa shape index (κ1) is 8.45. The number of hydrogen-bond acceptors (Lipinski definition) is 2. The van der Waals surface area contributed by atoms with Crippen molar-refractivity contribution in [1.82, 2.24) is 4.90 Å². The molecule has 0 N–H and O–H groups in total. The third-order valence-corrected chi connectivity index (χ3v) is 4.44. The van der Waals surface area contributed by atoms with Crippen molar-refractivity contribution in [3.8, 4) is 0 Å². The zero-order valence-corrected chi connectivity index (χ0v) is 8.62. The summed E-state index contributed by atoms with van der Waals surface area (Å²) in [5.41, 5.74) is 0.516. The average Bonchev–Trinajstić information content (AvgIpc) is 2.94. The van der Waals surface area contributed by atoms with Gasteiger partial charge in [-0.3, -0.25) is 9.59 Å². The molecule has 0 unspecified atom stereocenters. The highest BCUT2D eigenvalue weighted by molar-refractivity contribution is 5.89. The molecule has 1 saturated heterocycles. The normalized spacial score (nSPS) is 41.0. The Bertz CT molecular complexity index is 332. The lowest BCUT2D eigenvalue weighted by atomic mass is 10.1. The molecule has 0 aromatic carbocycles. The predicted molar refractivity (Wildman–Crippen MR) is 50.5 cm³/mol. The van der Waals surface area contributed by atoms with Gasteiger partial charge in [0.2, 0.25) is 5.91 Å². The summed E-state index contributed by atoms with van der Waals surface area (Å²) in [6, 6.07) is -0.0833. The van der Waals surface area contributed by atoms with E-state index in [1.165, 1.54) is 12.8 Å². The van der Waals surface area contributed by atoms with Crippen LogP contribution in [-0.2, 0) is 9.59 Å². The number of Topliss-reactive ketones (excluding diaryl/α,β-unsaturated/α-hetero) is 1. The Morgan fingerprint density at radius 2 is 1.93 bits per heavy atom. The van der Waals surface area contributed by atoms with Gasteiger partial charge in [-0.1, -0.05) is 0 Å². The SMILES string of the molecule is CC(=O)[C@@H]1[C@@H]2[C@H](CN1C(C)=O)C21CC1. The summed E-state index contributed by atoms with van der Waals surface area (Å²) in [6.07, 6.45) is 2.58. The lowest BCUT2D eigenvalue weighted by Gasteiger charge is -2.25. The number of carbonyl (C=O) groups is 2. The minimum absolute atomic E-state index is 0.0631. The van der Waals surface area contributed by atoms with Crippen LogP contribution in [0.25, 0.3) is 0 Å². The topological polar surface area (TPSA) is 37.4 Å². The second-order valence-corrected chi connectivity index (χ2v) is 5.09. The van der Waals surface area contributed by atoms with Crippen LogP contribution in [-0.4, -0.2) is 29.2 Å². The highest BCUT2D eigenvalue weighted by Crippen LogP contribution is 2.78. The zero-order valence-electron chi connectivity index (χ0n) is 8.62. The number of ketones is 1. The quantitative estimate of drug-likeness (QED) is 0.618. The molecule has 0 radical (unpaired) electrons. The first-order valence-electron chi connectivity index (χ1n) is 5.35. The molecule has 0 aromatic heterocycles. The van der Waals surface area contributed by atoms with Crippen molar-refractivity contribution in [3.05, 3.63) is 0 Å². The van der Waals surface area contributed by atoms with Gasteiger partial charge < -0.3 is 4.90 Å². The number of carbonyl (C=O) groups excluding carboxylic acids is 2. The fourth-order valence-electron chi connectivity index (χ4n) is 3.61. The number of hydrogen-bond donors (Lipinski definition) is 0. The lowest BCUT2D eigenvalue weighted by Crippen LogP contribution is -2.42. The van der Waals surface area contributed by atoms with Crippen molar-refractivity contribution < 1.29 is 9.59 Å². The molecule has 3 atom stereocenters. The molecule has 2 saturated carbocycles. The Labute approximate surface area is 83.5 Å². The van der Waals surface area contributed by atoms with E-state index in [1.807, 2.05) is 0 Å². The third kappa shape index (κ3) is 0.787. The Hall–Kier alpha value is -0.860. The molecule has 2 aliphatic carbocycles. The predicted octanol–water partition coefficient (Wildman–Crippen LogP) is 0.832. The number of rotatable bonds is 1. The molecule has 0 aromatic rings. The van der Waals surface area contributed by atoms with Gasteiger partial charge in [-0.25, -0.2) is 0 Å². The summed E-state index contributed by atoms with van der Waals surface area (Å²) in [5.74, 6) is 1.41. The summed E-state index contributed by atoms with van der Waals surface area (Å²) >= 11 is 0. The van der Waals surface area contributed by atoms with Crippen molar-refractivity contribution in [2.45, 2.75) is 32.7 Å². The van der Waals surface area contributed by atoms with Crippen molar-refractivity contribution >= 4 is 11.7 Å². The Morgan fingerprint density at radius 1 is 1.29 bits per heavy atom. The summed E-state index contributed by atoms with van der Waals surface area (Å²) < 4.78 is 0. The molecule has 3 aliphatic rings. The lowest BCUT2D eigenvalue weighted by molar-refractivity contribution is -0.136. The fourth-order valence-corrected chi connectivity index (χ4v) is 3.61. The average molecular weight is 193 g/mol. The van der Waals surface area contributed by atoms with E-state index in [9.17, 15) is 9.59 Å². The molecule has 76 valence electrons. The van der Waals surface area contributed by atoms with Crippen LogP contribution in [0.2, 0.25) is 0 Å². The molecule has 1 aliphatic heterocycles. The maximum Gasteiger partial charge on any atom is 0.220 e. The Morgan fingerprint density at radius 3 is 2.36 bits per heavy atom. The van der Waals surface area contributed by atoms with E-state index in [1.54, 1.807) is 18.7 Å². The second-order valence-electron chi connectivity index (χ2n) is 5.09. The standard InChI is InChI=1S/C11H15NO2/c1-6(13)10-9-8(11(9)3-4-11)5-12(10)7(2)14/h8-10H,3-5H2,1-2H3/t8-,9-,10+/m0/s1. The number of likely N-dealkylation sites (tertiary alicyclic amines) is 1. The molecule has 0 bridgehead atoms. The second kappa shape index (κ2) is 2.20. The van der Waals surface area contributed by atoms with E-state index in [-0.39, 0.29) is 17.7 Å². The molecule has 3 nitrogen and oxygen atoms in total. The molecule has 3 heteroatoms. The third-order valence-electron chi connectivity index (χ3n) is 4.44. The van der Waals surface area contributed by atoms with E-state index in [2.05, 4.69) is 0 Å². The number of fused-ring (bicyclic) bond motifs is 3. The number of piperidine rings is 1. The highest BCUT2D eigenvalue weighted by atomic mass is 16.2. The van der Waals surface area contributed by atoms with Crippen LogP contribution in [0.15, 0.2) is 0 Å². The summed E-state index contributed by atoms with van der Waals surface area (Å²) in [7, 11) is 0. The minimum Gasteiger partial charge on any atom is -0.332 e. The fraction of sp³-hybridized carbons (Fsp3) is 0.818. The molecule has 1 spiro atoms. The van der Waals surface area contributed by atoms with Crippen molar-refractivity contribution in [2.24, 2.45) is 17.3 Å². The van der Waals surface area contributed by atoms with Crippen LogP contribution in [0.4, 0.5) is 0 Å². The molecular weight excluding hydrogens is 178 g/mol. The van der Waals surface area contributed by atoms with E-state index in [4.69, 9.17) is 0 Å². The van der Waals surface area contributed by atoms with Gasteiger partial charge in [0.05, 0.1) is 6.04 Å². The van der Waals surface area contributed by atoms with Gasteiger partial charge in [0.1, 0.15) is 0 Å². The first-order chi connectivity index (χ1) is 6.58. The molecule has 1 amide bonds. The van der Waals surface area contributed by atoms with Crippen LogP contribution >= 0.6 is 0 Å². The van der Waals surface area contributed by atoms with Crippen LogP contribution in [0.3, 0.4) is 0 Å². The van der Waals surface area contributed by atoms with Crippen LogP contribution in [0.1, 0.15) is 26.7 Å². The Kier molecular flexibility index (Phi) is 1.33. The van der Waals surface area contributed by atoms with Gasteiger partial charge in [0.25, 0.3) is 0 Å². The monoisotopic (exact) mass is 193 g/mol. The van der Waals surface area contributed by atoms with Gasteiger partial charge in [0, 0.05) is 13.5 Å². The number of nitrogens with zero attached hydrogens (tertiary/aromatic N) is 1. The molecule has 1 heterocycles. The summed E-state index contributed by atoms with van der Waals surface area (Å²) in [5, 5.41) is 0. The first-order valence-corrected chi connectivity index (χ1v) is 5.35. The molecule has 14 heavy (non-hydrogen) atoms.